The van der Waals surface area contributed by atoms with Gasteiger partial charge in [0, 0.05) is 16.3 Å². The second kappa shape index (κ2) is 6.83. The van der Waals surface area contributed by atoms with Crippen molar-refractivity contribution in [1.29, 1.82) is 0 Å². The molecule has 2 rings (SSSR count). The average molecular weight is 336 g/mol. The van der Waals surface area contributed by atoms with Gasteiger partial charge in [-0.25, -0.2) is 13.6 Å². The number of rotatable bonds is 5. The van der Waals surface area contributed by atoms with Crippen LogP contribution in [0.25, 0.3) is 0 Å². The summed E-state index contributed by atoms with van der Waals surface area (Å²) < 4.78 is 23.1. The third-order valence-electron chi connectivity index (χ3n) is 3.10. The number of sulfonamides is 1. The molecule has 0 fully saturated rings. The monoisotopic (exact) mass is 336 g/mol. The number of hydrogen-bond donors (Lipinski definition) is 1. The van der Waals surface area contributed by atoms with Gasteiger partial charge in [-0.3, -0.25) is 0 Å². The largest absolute Gasteiger partial charge is 0.305 e. The molecule has 0 saturated heterocycles. The van der Waals surface area contributed by atoms with Crippen molar-refractivity contribution >= 4 is 21.8 Å². The van der Waals surface area contributed by atoms with Crippen molar-refractivity contribution in [3.63, 3.8) is 0 Å². The Balaban J connectivity index is 2.39. The quantitative estimate of drug-likeness (QED) is 0.912. The molecule has 0 spiro atoms. The van der Waals surface area contributed by atoms with E-state index in [-0.39, 0.29) is 4.90 Å². The Bertz CT molecular complexity index is 754. The number of nitrogens with zero attached hydrogens (tertiary/aromatic N) is 1. The van der Waals surface area contributed by atoms with Crippen molar-refractivity contribution in [2.45, 2.75) is 28.2 Å². The van der Waals surface area contributed by atoms with Gasteiger partial charge in [0.25, 0.3) is 0 Å². The van der Waals surface area contributed by atoms with Crippen LogP contribution < -0.4 is 5.14 Å². The van der Waals surface area contributed by atoms with E-state index in [4.69, 9.17) is 5.14 Å². The zero-order chi connectivity index (χ0) is 16.3. The zero-order valence-corrected chi connectivity index (χ0v) is 14.5. The minimum absolute atomic E-state index is 0.151. The summed E-state index contributed by atoms with van der Waals surface area (Å²) in [4.78, 5) is 4.30. The second-order valence-electron chi connectivity index (χ2n) is 5.47. The molecule has 0 bridgehead atoms. The van der Waals surface area contributed by atoms with Gasteiger partial charge in [-0.05, 0) is 56.9 Å². The zero-order valence-electron chi connectivity index (χ0n) is 12.9. The summed E-state index contributed by atoms with van der Waals surface area (Å²) in [6, 6.07) is 13.3. The molecule has 0 aliphatic rings. The lowest BCUT2D eigenvalue weighted by molar-refractivity contribution is 0.399. The van der Waals surface area contributed by atoms with E-state index in [1.54, 1.807) is 23.9 Å². The highest BCUT2D eigenvalue weighted by molar-refractivity contribution is 7.99. The molecular formula is C16H20N2O2S2. The lowest BCUT2D eigenvalue weighted by Gasteiger charge is -2.15. The van der Waals surface area contributed by atoms with E-state index >= 15 is 0 Å². The Morgan fingerprint density at radius 1 is 1.09 bits per heavy atom. The van der Waals surface area contributed by atoms with Gasteiger partial charge < -0.3 is 4.90 Å². The Hall–Kier alpha value is -1.34. The van der Waals surface area contributed by atoms with Gasteiger partial charge in [-0.1, -0.05) is 29.5 Å². The fraction of sp³-hybridized carbons (Fsp3) is 0.250. The summed E-state index contributed by atoms with van der Waals surface area (Å²) in [5.41, 5.74) is 2.16. The maximum atomic E-state index is 11.5. The lowest BCUT2D eigenvalue weighted by atomic mass is 10.2. The normalized spacial score (nSPS) is 11.9. The van der Waals surface area contributed by atoms with E-state index < -0.39 is 10.0 Å². The molecule has 0 unspecified atom stereocenters. The van der Waals surface area contributed by atoms with Gasteiger partial charge in [0.05, 0.1) is 4.90 Å². The van der Waals surface area contributed by atoms with Crippen molar-refractivity contribution in [2.75, 3.05) is 14.1 Å². The van der Waals surface area contributed by atoms with Gasteiger partial charge in [0.2, 0.25) is 10.0 Å². The van der Waals surface area contributed by atoms with E-state index in [1.165, 1.54) is 5.56 Å². The van der Waals surface area contributed by atoms with Gasteiger partial charge in [0.15, 0.2) is 0 Å². The van der Waals surface area contributed by atoms with Crippen molar-refractivity contribution in [1.82, 2.24) is 4.90 Å². The Morgan fingerprint density at radius 3 is 2.27 bits per heavy atom. The number of benzene rings is 2. The Morgan fingerprint density at radius 2 is 1.73 bits per heavy atom. The average Bonchev–Trinajstić information content (AvgIpc) is 2.41. The molecule has 2 N–H and O–H groups in total. The van der Waals surface area contributed by atoms with Crippen LogP contribution in [0.2, 0.25) is 0 Å². The summed E-state index contributed by atoms with van der Waals surface area (Å²) in [6.07, 6.45) is 0. The van der Waals surface area contributed by atoms with Crippen LogP contribution in [-0.4, -0.2) is 27.4 Å². The number of primary sulfonamides is 1. The molecule has 2 aromatic carbocycles. The van der Waals surface area contributed by atoms with Gasteiger partial charge >= 0.3 is 0 Å². The first-order valence-electron chi connectivity index (χ1n) is 6.81. The predicted octanol–water partition coefficient (Wildman–Crippen LogP) is 2.86. The molecule has 0 radical (unpaired) electrons. The summed E-state index contributed by atoms with van der Waals surface area (Å²) in [6.45, 7) is 2.70. The van der Waals surface area contributed by atoms with Crippen LogP contribution in [0.15, 0.2) is 57.2 Å². The van der Waals surface area contributed by atoms with Gasteiger partial charge in [0.1, 0.15) is 0 Å². The summed E-state index contributed by atoms with van der Waals surface area (Å²) in [7, 11) is 0.213. The first kappa shape index (κ1) is 17.0. The summed E-state index contributed by atoms with van der Waals surface area (Å²) in [5, 5.41) is 5.23. The summed E-state index contributed by atoms with van der Waals surface area (Å²) >= 11 is 1.62. The minimum Gasteiger partial charge on any atom is -0.305 e. The molecule has 0 atom stereocenters. The molecular weight excluding hydrogens is 316 g/mol. The maximum absolute atomic E-state index is 11.5. The minimum atomic E-state index is -3.68. The van der Waals surface area contributed by atoms with Gasteiger partial charge in [-0.15, -0.1) is 0 Å². The highest BCUT2D eigenvalue weighted by Crippen LogP contribution is 2.32. The van der Waals surface area contributed by atoms with E-state index in [0.717, 1.165) is 15.4 Å². The van der Waals surface area contributed by atoms with E-state index in [2.05, 4.69) is 24.3 Å². The fourth-order valence-electron chi connectivity index (χ4n) is 2.03. The van der Waals surface area contributed by atoms with Crippen molar-refractivity contribution in [3.05, 3.63) is 53.6 Å². The van der Waals surface area contributed by atoms with Crippen LogP contribution in [0.3, 0.4) is 0 Å². The fourth-order valence-corrected chi connectivity index (χ4v) is 3.51. The van der Waals surface area contributed by atoms with Crippen molar-refractivity contribution in [2.24, 2.45) is 5.14 Å². The molecule has 6 heteroatoms. The van der Waals surface area contributed by atoms with E-state index in [9.17, 15) is 8.42 Å². The third kappa shape index (κ3) is 4.58. The van der Waals surface area contributed by atoms with Crippen LogP contribution in [-0.2, 0) is 16.6 Å². The van der Waals surface area contributed by atoms with Crippen LogP contribution in [0.5, 0.6) is 0 Å². The SMILES string of the molecule is Cc1ccc(Sc2ccc(S(N)(=O)=O)cc2CN(C)C)cc1. The second-order valence-corrected chi connectivity index (χ2v) is 8.14. The molecule has 0 saturated carbocycles. The Kier molecular flexibility index (Phi) is 5.28. The molecule has 2 aromatic rings. The maximum Gasteiger partial charge on any atom is 0.238 e. The number of nitrogens with two attached hydrogens (primary N) is 1. The van der Waals surface area contributed by atoms with E-state index in [0.29, 0.717) is 6.54 Å². The highest BCUT2D eigenvalue weighted by atomic mass is 32.2. The lowest BCUT2D eigenvalue weighted by Crippen LogP contribution is -2.15. The highest BCUT2D eigenvalue weighted by Gasteiger charge is 2.13. The van der Waals surface area contributed by atoms with Crippen molar-refractivity contribution in [3.8, 4) is 0 Å². The van der Waals surface area contributed by atoms with Crippen LogP contribution in [0, 0.1) is 6.92 Å². The Labute approximate surface area is 136 Å². The smallest absolute Gasteiger partial charge is 0.238 e. The number of hydrogen-bond acceptors (Lipinski definition) is 4. The molecule has 22 heavy (non-hydrogen) atoms. The van der Waals surface area contributed by atoms with Crippen LogP contribution in [0.1, 0.15) is 11.1 Å². The molecule has 0 amide bonds. The summed E-state index contributed by atoms with van der Waals surface area (Å²) in [5.74, 6) is 0. The molecule has 0 aliphatic carbocycles. The topological polar surface area (TPSA) is 63.4 Å². The van der Waals surface area contributed by atoms with Crippen LogP contribution in [0.4, 0.5) is 0 Å². The molecule has 0 aromatic heterocycles. The predicted molar refractivity (Wildman–Crippen MR) is 90.5 cm³/mol. The number of aryl methyl sites for hydroxylation is 1. The standard InChI is InChI=1S/C16H20N2O2S2/c1-12-4-6-14(7-5-12)21-16-9-8-15(22(17,19)20)10-13(16)11-18(2)3/h4-10H,11H2,1-3H3,(H2,17,19,20). The van der Waals surface area contributed by atoms with Gasteiger partial charge in [-0.2, -0.15) is 0 Å². The first-order valence-corrected chi connectivity index (χ1v) is 9.17. The molecule has 0 aliphatic heterocycles. The van der Waals surface area contributed by atoms with Crippen LogP contribution >= 0.6 is 11.8 Å². The van der Waals surface area contributed by atoms with E-state index in [1.807, 2.05) is 32.0 Å². The molecule has 4 nitrogen and oxygen atoms in total. The van der Waals surface area contributed by atoms with Crippen molar-refractivity contribution < 1.29 is 8.42 Å². The molecule has 0 heterocycles. The third-order valence-corrected chi connectivity index (χ3v) is 5.13. The first-order chi connectivity index (χ1) is 10.3. The molecule has 118 valence electrons.